The second-order valence-corrected chi connectivity index (χ2v) is 8.55. The van der Waals surface area contributed by atoms with Gasteiger partial charge in [-0.15, -0.1) is 10.2 Å². The molecule has 0 spiro atoms. The van der Waals surface area contributed by atoms with Crippen LogP contribution in [0.1, 0.15) is 30.4 Å². The summed E-state index contributed by atoms with van der Waals surface area (Å²) >= 11 is 1.42. The van der Waals surface area contributed by atoms with Gasteiger partial charge < -0.3 is 10.2 Å². The molecule has 6 nitrogen and oxygen atoms in total. The summed E-state index contributed by atoms with van der Waals surface area (Å²) in [6, 6.07) is 16.1. The molecule has 1 fully saturated rings. The van der Waals surface area contributed by atoms with Crippen molar-refractivity contribution in [3.05, 3.63) is 59.7 Å². The molecule has 0 atom stereocenters. The number of anilines is 2. The Labute approximate surface area is 181 Å². The van der Waals surface area contributed by atoms with Gasteiger partial charge >= 0.3 is 0 Å². The van der Waals surface area contributed by atoms with Crippen molar-refractivity contribution in [3.8, 4) is 5.69 Å². The molecule has 7 heteroatoms. The highest BCUT2D eigenvalue weighted by atomic mass is 32.2. The number of nitrogens with zero attached hydrogens (tertiary/aromatic N) is 4. The first-order valence-corrected chi connectivity index (χ1v) is 11.4. The van der Waals surface area contributed by atoms with Crippen molar-refractivity contribution < 1.29 is 4.79 Å². The van der Waals surface area contributed by atoms with Gasteiger partial charge in [-0.05, 0) is 56.4 Å². The fraction of sp³-hybridized carbons (Fsp3) is 0.348. The molecule has 2 aromatic carbocycles. The Kier molecular flexibility index (Phi) is 6.38. The third-order valence-corrected chi connectivity index (χ3v) is 6.28. The SMILES string of the molecule is Cc1cccc(C)c1NC(=O)CSc1nnc(N2CCCCC2)n1-c1ccccc1. The fourth-order valence-electron chi connectivity index (χ4n) is 3.77. The minimum atomic E-state index is -0.0421. The van der Waals surface area contributed by atoms with Gasteiger partial charge in [0.05, 0.1) is 11.4 Å². The van der Waals surface area contributed by atoms with E-state index in [9.17, 15) is 4.79 Å². The summed E-state index contributed by atoms with van der Waals surface area (Å²) in [7, 11) is 0. The number of benzene rings is 2. The predicted octanol–water partition coefficient (Wildman–Crippen LogP) is 4.61. The number of hydrogen-bond donors (Lipinski definition) is 1. The highest BCUT2D eigenvalue weighted by molar-refractivity contribution is 7.99. The Morgan fingerprint density at radius 3 is 2.37 bits per heavy atom. The van der Waals surface area contributed by atoms with Crippen molar-refractivity contribution >= 4 is 29.3 Å². The van der Waals surface area contributed by atoms with Crippen molar-refractivity contribution in [2.24, 2.45) is 0 Å². The first-order chi connectivity index (χ1) is 14.6. The Bertz CT molecular complexity index is 991. The molecular formula is C23H27N5OS. The van der Waals surface area contributed by atoms with E-state index in [2.05, 4.69) is 37.1 Å². The van der Waals surface area contributed by atoms with E-state index in [1.54, 1.807) is 0 Å². The van der Waals surface area contributed by atoms with Crippen LogP contribution in [-0.2, 0) is 4.79 Å². The van der Waals surface area contributed by atoms with Gasteiger partial charge in [-0.3, -0.25) is 9.36 Å². The summed E-state index contributed by atoms with van der Waals surface area (Å²) in [5.41, 5.74) is 4.03. The largest absolute Gasteiger partial charge is 0.341 e. The van der Waals surface area contributed by atoms with Gasteiger partial charge in [-0.2, -0.15) is 0 Å². The zero-order valence-corrected chi connectivity index (χ0v) is 18.3. The Hall–Kier alpha value is -2.80. The summed E-state index contributed by atoms with van der Waals surface area (Å²) in [5, 5.41) is 12.7. The number of piperidine rings is 1. The molecule has 3 aromatic rings. The van der Waals surface area contributed by atoms with Crippen LogP contribution in [0.15, 0.2) is 53.7 Å². The topological polar surface area (TPSA) is 63.1 Å². The number of rotatable bonds is 6. The number of hydrogen-bond acceptors (Lipinski definition) is 5. The number of amides is 1. The van der Waals surface area contributed by atoms with Gasteiger partial charge in [0.25, 0.3) is 0 Å². The summed E-state index contributed by atoms with van der Waals surface area (Å²) in [6.45, 7) is 5.99. The third-order valence-electron chi connectivity index (χ3n) is 5.35. The molecule has 1 amide bonds. The zero-order chi connectivity index (χ0) is 20.9. The smallest absolute Gasteiger partial charge is 0.234 e. The molecule has 1 saturated heterocycles. The summed E-state index contributed by atoms with van der Waals surface area (Å²) in [6.07, 6.45) is 3.60. The fourth-order valence-corrected chi connectivity index (χ4v) is 4.52. The van der Waals surface area contributed by atoms with Crippen molar-refractivity contribution in [3.63, 3.8) is 0 Å². The third kappa shape index (κ3) is 4.51. The van der Waals surface area contributed by atoms with Gasteiger partial charge in [0, 0.05) is 18.8 Å². The predicted molar refractivity (Wildman–Crippen MR) is 123 cm³/mol. The normalized spacial score (nSPS) is 14.0. The first-order valence-electron chi connectivity index (χ1n) is 10.4. The van der Waals surface area contributed by atoms with Crippen LogP contribution in [0.4, 0.5) is 11.6 Å². The maximum absolute atomic E-state index is 12.6. The number of carbonyl (C=O) groups excluding carboxylic acids is 1. The first kappa shape index (κ1) is 20.5. The monoisotopic (exact) mass is 421 g/mol. The Morgan fingerprint density at radius 1 is 0.967 bits per heavy atom. The molecule has 0 unspecified atom stereocenters. The highest BCUT2D eigenvalue weighted by Gasteiger charge is 2.22. The maximum atomic E-state index is 12.6. The van der Waals surface area contributed by atoms with Crippen LogP contribution in [-0.4, -0.2) is 39.5 Å². The van der Waals surface area contributed by atoms with Crippen LogP contribution in [0.25, 0.3) is 5.69 Å². The van der Waals surface area contributed by atoms with Crippen molar-refractivity contribution in [2.75, 3.05) is 29.1 Å². The second kappa shape index (κ2) is 9.34. The molecule has 0 saturated carbocycles. The van der Waals surface area contributed by atoms with Crippen LogP contribution in [0.3, 0.4) is 0 Å². The number of aromatic nitrogens is 3. The minimum absolute atomic E-state index is 0.0421. The van der Waals surface area contributed by atoms with E-state index in [0.717, 1.165) is 46.7 Å². The molecule has 30 heavy (non-hydrogen) atoms. The number of carbonyl (C=O) groups is 1. The summed E-state index contributed by atoms with van der Waals surface area (Å²) < 4.78 is 2.07. The number of para-hydroxylation sites is 2. The van der Waals surface area contributed by atoms with E-state index < -0.39 is 0 Å². The van der Waals surface area contributed by atoms with Crippen molar-refractivity contribution in [2.45, 2.75) is 38.3 Å². The standard InChI is InChI=1S/C23H27N5OS/c1-17-10-9-11-18(2)21(17)24-20(29)16-30-23-26-25-22(27-14-7-4-8-15-27)28(23)19-12-5-3-6-13-19/h3,5-6,9-13H,4,7-8,14-16H2,1-2H3,(H,24,29). The van der Waals surface area contributed by atoms with Crippen LogP contribution >= 0.6 is 11.8 Å². The van der Waals surface area contributed by atoms with Gasteiger partial charge in [-0.25, -0.2) is 0 Å². The van der Waals surface area contributed by atoms with Crippen molar-refractivity contribution in [1.82, 2.24) is 14.8 Å². The van der Waals surface area contributed by atoms with Gasteiger partial charge in [-0.1, -0.05) is 48.2 Å². The lowest BCUT2D eigenvalue weighted by Crippen LogP contribution is -2.31. The molecule has 0 radical (unpaired) electrons. The van der Waals surface area contributed by atoms with Crippen molar-refractivity contribution in [1.29, 1.82) is 0 Å². The Balaban J connectivity index is 1.54. The number of nitrogens with one attached hydrogen (secondary N) is 1. The number of thioether (sulfide) groups is 1. The highest BCUT2D eigenvalue weighted by Crippen LogP contribution is 2.28. The van der Waals surface area contributed by atoms with Gasteiger partial charge in [0.1, 0.15) is 0 Å². The second-order valence-electron chi connectivity index (χ2n) is 7.60. The minimum Gasteiger partial charge on any atom is -0.341 e. The molecule has 0 aliphatic carbocycles. The lowest BCUT2D eigenvalue weighted by atomic mass is 10.1. The molecule has 0 bridgehead atoms. The molecule has 1 N–H and O–H groups in total. The molecule has 2 heterocycles. The van der Waals surface area contributed by atoms with E-state index in [1.165, 1.54) is 31.0 Å². The van der Waals surface area contributed by atoms with E-state index in [-0.39, 0.29) is 11.7 Å². The van der Waals surface area contributed by atoms with E-state index in [4.69, 9.17) is 0 Å². The quantitative estimate of drug-likeness (QED) is 0.589. The lowest BCUT2D eigenvalue weighted by molar-refractivity contribution is -0.113. The van der Waals surface area contributed by atoms with Gasteiger partial charge in [0.15, 0.2) is 5.16 Å². The Morgan fingerprint density at radius 2 is 1.67 bits per heavy atom. The zero-order valence-electron chi connectivity index (χ0n) is 17.5. The van der Waals surface area contributed by atoms with Crippen LogP contribution < -0.4 is 10.2 Å². The summed E-state index contributed by atoms with van der Waals surface area (Å²) in [5.74, 6) is 1.09. The van der Waals surface area contributed by atoms with E-state index in [1.807, 2.05) is 50.2 Å². The molecule has 4 rings (SSSR count). The van der Waals surface area contributed by atoms with E-state index in [0.29, 0.717) is 0 Å². The summed E-state index contributed by atoms with van der Waals surface area (Å²) in [4.78, 5) is 14.9. The average molecular weight is 422 g/mol. The lowest BCUT2D eigenvalue weighted by Gasteiger charge is -2.27. The molecule has 1 aromatic heterocycles. The molecule has 156 valence electrons. The van der Waals surface area contributed by atoms with Gasteiger partial charge in [0.2, 0.25) is 11.9 Å². The van der Waals surface area contributed by atoms with Crippen LogP contribution in [0, 0.1) is 13.8 Å². The molecule has 1 aliphatic rings. The van der Waals surface area contributed by atoms with Crippen LogP contribution in [0.2, 0.25) is 0 Å². The maximum Gasteiger partial charge on any atom is 0.234 e. The van der Waals surface area contributed by atoms with Crippen LogP contribution in [0.5, 0.6) is 0 Å². The van der Waals surface area contributed by atoms with E-state index >= 15 is 0 Å². The molecule has 1 aliphatic heterocycles. The molecular weight excluding hydrogens is 394 g/mol. The average Bonchev–Trinajstić information content (AvgIpc) is 3.20. The number of aryl methyl sites for hydroxylation is 2.